The number of hydrogen-bond acceptors (Lipinski definition) is 3. The molecular weight excluding hydrogens is 394 g/mol. The molecule has 2 aromatic carbocycles. The van der Waals surface area contributed by atoms with Crippen molar-refractivity contribution in [2.24, 2.45) is 0 Å². The third-order valence-electron chi connectivity index (χ3n) is 6.95. The summed E-state index contributed by atoms with van der Waals surface area (Å²) >= 11 is 0. The number of piperazine rings is 1. The molecule has 172 valence electrons. The topological polar surface area (TPSA) is 20.6 Å². The average Bonchev–Trinajstić information content (AvgIpc) is 3.12. The summed E-state index contributed by atoms with van der Waals surface area (Å²) in [6.07, 6.45) is 4.63. The molecule has 1 aromatic heterocycles. The second-order valence-electron chi connectivity index (χ2n) is 9.37. The minimum absolute atomic E-state index is 0.595. The molecule has 1 saturated heterocycles. The standard InChI is InChI=1S/C28H39N3O/c1-5-25-8-6-9-27-23(3)20-31(28(25)27)15-7-14-30-17-16-29(21-24(30)4)18-19-32-26-12-10-22(2)11-13-26/h6,8-13,20,24H,5,7,14-19,21H2,1-4H3. The normalized spacial score (nSPS) is 17.8. The fourth-order valence-electron chi connectivity index (χ4n) is 5.06. The summed E-state index contributed by atoms with van der Waals surface area (Å²) in [4.78, 5) is 5.21. The van der Waals surface area contributed by atoms with Crippen LogP contribution in [-0.4, -0.2) is 59.7 Å². The predicted octanol–water partition coefficient (Wildman–Crippen LogP) is 5.30. The Morgan fingerprint density at radius 3 is 2.53 bits per heavy atom. The first-order valence-electron chi connectivity index (χ1n) is 12.3. The highest BCUT2D eigenvalue weighted by atomic mass is 16.5. The van der Waals surface area contributed by atoms with Crippen LogP contribution >= 0.6 is 0 Å². The summed E-state index contributed by atoms with van der Waals surface area (Å²) in [5.74, 6) is 0.973. The van der Waals surface area contributed by atoms with Gasteiger partial charge < -0.3 is 9.30 Å². The summed E-state index contributed by atoms with van der Waals surface area (Å²) < 4.78 is 8.43. The van der Waals surface area contributed by atoms with E-state index in [1.165, 1.54) is 40.6 Å². The van der Waals surface area contributed by atoms with E-state index in [1.807, 2.05) is 0 Å². The van der Waals surface area contributed by atoms with Gasteiger partial charge in [-0.1, -0.05) is 42.8 Å². The van der Waals surface area contributed by atoms with Gasteiger partial charge in [0.05, 0.1) is 5.52 Å². The summed E-state index contributed by atoms with van der Waals surface area (Å²) in [5, 5.41) is 1.42. The van der Waals surface area contributed by atoms with Gasteiger partial charge in [-0.25, -0.2) is 0 Å². The lowest BCUT2D eigenvalue weighted by Gasteiger charge is -2.39. The molecule has 1 fully saturated rings. The van der Waals surface area contributed by atoms with E-state index in [-0.39, 0.29) is 0 Å². The molecule has 1 unspecified atom stereocenters. The van der Waals surface area contributed by atoms with E-state index in [4.69, 9.17) is 4.74 Å². The van der Waals surface area contributed by atoms with Gasteiger partial charge in [0.25, 0.3) is 0 Å². The zero-order chi connectivity index (χ0) is 22.5. The lowest BCUT2D eigenvalue weighted by atomic mass is 10.1. The molecule has 0 amide bonds. The molecule has 1 aliphatic rings. The number of ether oxygens (including phenoxy) is 1. The summed E-state index contributed by atoms with van der Waals surface area (Å²) in [6.45, 7) is 16.4. The van der Waals surface area contributed by atoms with Crippen molar-refractivity contribution in [1.29, 1.82) is 0 Å². The zero-order valence-corrected chi connectivity index (χ0v) is 20.3. The van der Waals surface area contributed by atoms with Gasteiger partial charge >= 0.3 is 0 Å². The molecule has 32 heavy (non-hydrogen) atoms. The van der Waals surface area contributed by atoms with Crippen LogP contribution in [0.1, 0.15) is 37.0 Å². The monoisotopic (exact) mass is 433 g/mol. The Labute approximate surface area is 193 Å². The lowest BCUT2D eigenvalue weighted by molar-refractivity contribution is 0.0726. The van der Waals surface area contributed by atoms with Crippen molar-refractivity contribution in [3.8, 4) is 5.75 Å². The van der Waals surface area contributed by atoms with Crippen molar-refractivity contribution in [3.05, 3.63) is 65.4 Å². The van der Waals surface area contributed by atoms with Crippen molar-refractivity contribution in [1.82, 2.24) is 14.4 Å². The molecule has 0 saturated carbocycles. The van der Waals surface area contributed by atoms with Crippen molar-refractivity contribution in [2.45, 2.75) is 53.1 Å². The highest BCUT2D eigenvalue weighted by molar-refractivity contribution is 5.86. The van der Waals surface area contributed by atoms with Gasteiger partial charge in [-0.2, -0.15) is 0 Å². The van der Waals surface area contributed by atoms with Gasteiger partial charge in [-0.05, 0) is 56.9 Å². The maximum atomic E-state index is 5.94. The van der Waals surface area contributed by atoms with E-state index in [0.29, 0.717) is 6.04 Å². The molecule has 4 heteroatoms. The van der Waals surface area contributed by atoms with Gasteiger partial charge in [-0.3, -0.25) is 9.80 Å². The summed E-state index contributed by atoms with van der Waals surface area (Å²) in [5.41, 5.74) is 5.57. The molecule has 0 spiro atoms. The van der Waals surface area contributed by atoms with Crippen molar-refractivity contribution < 1.29 is 4.74 Å². The van der Waals surface area contributed by atoms with Gasteiger partial charge in [0.2, 0.25) is 0 Å². The van der Waals surface area contributed by atoms with Gasteiger partial charge in [0.1, 0.15) is 12.4 Å². The van der Waals surface area contributed by atoms with Crippen LogP contribution in [-0.2, 0) is 13.0 Å². The molecule has 0 N–H and O–H groups in total. The quantitative estimate of drug-likeness (QED) is 0.457. The number of aromatic nitrogens is 1. The Morgan fingerprint density at radius 2 is 1.78 bits per heavy atom. The van der Waals surface area contributed by atoms with E-state index >= 15 is 0 Å². The molecule has 4 rings (SSSR count). The van der Waals surface area contributed by atoms with Crippen molar-refractivity contribution in [2.75, 3.05) is 39.3 Å². The number of hydrogen-bond donors (Lipinski definition) is 0. The zero-order valence-electron chi connectivity index (χ0n) is 20.3. The van der Waals surface area contributed by atoms with Crippen LogP contribution in [0.4, 0.5) is 0 Å². The van der Waals surface area contributed by atoms with Crippen molar-refractivity contribution in [3.63, 3.8) is 0 Å². The van der Waals surface area contributed by atoms with Crippen LogP contribution in [0.15, 0.2) is 48.7 Å². The predicted molar refractivity (Wildman–Crippen MR) is 135 cm³/mol. The van der Waals surface area contributed by atoms with E-state index < -0.39 is 0 Å². The fourth-order valence-corrected chi connectivity index (χ4v) is 5.06. The number of aryl methyl sites for hydroxylation is 4. The highest BCUT2D eigenvalue weighted by Crippen LogP contribution is 2.25. The van der Waals surface area contributed by atoms with Crippen LogP contribution in [0.2, 0.25) is 0 Å². The van der Waals surface area contributed by atoms with Crippen LogP contribution in [0, 0.1) is 13.8 Å². The minimum Gasteiger partial charge on any atom is -0.492 e. The maximum Gasteiger partial charge on any atom is 0.119 e. The molecule has 1 aliphatic heterocycles. The van der Waals surface area contributed by atoms with E-state index in [9.17, 15) is 0 Å². The van der Waals surface area contributed by atoms with E-state index in [0.717, 1.165) is 51.5 Å². The largest absolute Gasteiger partial charge is 0.492 e. The number of rotatable bonds is 9. The minimum atomic E-state index is 0.595. The maximum absolute atomic E-state index is 5.94. The average molecular weight is 434 g/mol. The number of benzene rings is 2. The second kappa shape index (κ2) is 10.5. The van der Waals surface area contributed by atoms with Crippen LogP contribution < -0.4 is 4.74 Å². The van der Waals surface area contributed by atoms with E-state index in [1.54, 1.807) is 0 Å². The summed E-state index contributed by atoms with van der Waals surface area (Å²) in [7, 11) is 0. The van der Waals surface area contributed by atoms with Gasteiger partial charge in [0, 0.05) is 56.9 Å². The Hall–Kier alpha value is -2.30. The molecule has 3 aromatic rings. The Morgan fingerprint density at radius 1 is 0.969 bits per heavy atom. The first-order chi connectivity index (χ1) is 15.5. The van der Waals surface area contributed by atoms with E-state index in [2.05, 4.69) is 90.7 Å². The molecule has 4 nitrogen and oxygen atoms in total. The first kappa shape index (κ1) is 22.9. The fraction of sp³-hybridized carbons (Fsp3) is 0.500. The SMILES string of the molecule is CCc1cccc2c(C)cn(CCCN3CCN(CCOc4ccc(C)cc4)CC3C)c12. The number of para-hydroxylation sites is 1. The van der Waals surface area contributed by atoms with Gasteiger partial charge in [-0.15, -0.1) is 0 Å². The molecule has 0 aliphatic carbocycles. The molecule has 0 radical (unpaired) electrons. The van der Waals surface area contributed by atoms with Gasteiger partial charge in [0.15, 0.2) is 0 Å². The molecule has 2 heterocycles. The number of fused-ring (bicyclic) bond motifs is 1. The second-order valence-corrected chi connectivity index (χ2v) is 9.37. The van der Waals surface area contributed by atoms with Crippen LogP contribution in [0.3, 0.4) is 0 Å². The Balaban J connectivity index is 1.23. The number of nitrogens with zero attached hydrogens (tertiary/aromatic N) is 3. The lowest BCUT2D eigenvalue weighted by Crippen LogP contribution is -2.52. The first-order valence-corrected chi connectivity index (χ1v) is 12.3. The third-order valence-corrected chi connectivity index (χ3v) is 6.95. The van der Waals surface area contributed by atoms with Crippen LogP contribution in [0.25, 0.3) is 10.9 Å². The molecular formula is C28H39N3O. The van der Waals surface area contributed by atoms with Crippen molar-refractivity contribution >= 4 is 10.9 Å². The Bertz CT molecular complexity index is 1010. The molecule has 0 bridgehead atoms. The molecule has 1 atom stereocenters. The summed E-state index contributed by atoms with van der Waals surface area (Å²) in [6, 6.07) is 15.7. The third kappa shape index (κ3) is 5.36. The van der Waals surface area contributed by atoms with Crippen LogP contribution in [0.5, 0.6) is 5.75 Å². The smallest absolute Gasteiger partial charge is 0.119 e. The highest BCUT2D eigenvalue weighted by Gasteiger charge is 2.23. The Kier molecular flexibility index (Phi) is 7.54.